The number of benzene rings is 1. The van der Waals surface area contributed by atoms with Crippen molar-refractivity contribution < 1.29 is 12.8 Å². The summed E-state index contributed by atoms with van der Waals surface area (Å²) in [6.45, 7) is 3.80. The lowest BCUT2D eigenvalue weighted by Crippen LogP contribution is -2.33. The summed E-state index contributed by atoms with van der Waals surface area (Å²) in [5, 5.41) is 0. The molecule has 0 saturated carbocycles. The van der Waals surface area contributed by atoms with Crippen molar-refractivity contribution in [1.29, 1.82) is 0 Å². The number of halogens is 2. The smallest absolute Gasteiger partial charge is 0.232 e. The normalized spacial score (nSPS) is 13.6. The van der Waals surface area contributed by atoms with Crippen LogP contribution in [0.5, 0.6) is 0 Å². The number of aromatic nitrogens is 1. The second kappa shape index (κ2) is 6.39. The van der Waals surface area contributed by atoms with Crippen LogP contribution in [0, 0.1) is 5.82 Å². The van der Waals surface area contributed by atoms with Gasteiger partial charge in [-0.15, -0.1) is 0 Å². The van der Waals surface area contributed by atoms with Gasteiger partial charge < -0.3 is 0 Å². The largest absolute Gasteiger partial charge is 0.254 e. The highest BCUT2D eigenvalue weighted by Crippen LogP contribution is 2.31. The van der Waals surface area contributed by atoms with Gasteiger partial charge in [0.25, 0.3) is 10.0 Å². The van der Waals surface area contributed by atoms with E-state index in [9.17, 15) is 12.8 Å². The molecule has 0 N–H and O–H groups in total. The topological polar surface area (TPSA) is 50.3 Å². The van der Waals surface area contributed by atoms with E-state index in [-0.39, 0.29) is 21.0 Å². The lowest BCUT2D eigenvalue weighted by atomic mass is 10.1. The highest BCUT2D eigenvalue weighted by atomic mass is 35.5. The van der Waals surface area contributed by atoms with Crippen LogP contribution < -0.4 is 0 Å². The van der Waals surface area contributed by atoms with Gasteiger partial charge in [0.2, 0.25) is 0 Å². The number of nitrogens with zero attached hydrogens (tertiary/aromatic N) is 2. The van der Waals surface area contributed by atoms with Gasteiger partial charge in [-0.3, -0.25) is 0 Å². The Labute approximate surface area is 132 Å². The van der Waals surface area contributed by atoms with Crippen LogP contribution in [0.15, 0.2) is 34.7 Å². The predicted molar refractivity (Wildman–Crippen MR) is 81.5 cm³/mol. The Morgan fingerprint density at radius 3 is 2.48 bits per heavy atom. The molecule has 0 amide bonds. The van der Waals surface area contributed by atoms with Crippen molar-refractivity contribution in [3.63, 3.8) is 0 Å². The third-order valence-electron chi connectivity index (χ3n) is 3.12. The quantitative estimate of drug-likeness (QED) is 0.827. The van der Waals surface area contributed by atoms with Gasteiger partial charge in [-0.2, -0.15) is 4.31 Å². The molecule has 1 atom stereocenters. The summed E-state index contributed by atoms with van der Waals surface area (Å²) in [5.41, 5.74) is 0.720. The molecule has 2 aromatic rings. The maximum absolute atomic E-state index is 13.0. The summed E-state index contributed by atoms with van der Waals surface area (Å²) in [6.07, 6.45) is 1.25. The predicted octanol–water partition coefficient (Wildman–Crippen LogP) is 3.71. The molecular weight excluding hydrogens is 335 g/mol. The van der Waals surface area contributed by atoms with Gasteiger partial charge in [-0.25, -0.2) is 17.8 Å². The van der Waals surface area contributed by atoms with E-state index in [0.29, 0.717) is 0 Å². The molecule has 0 spiro atoms. The Hall–Kier alpha value is -1.02. The number of rotatable bonds is 5. The molecule has 21 heavy (non-hydrogen) atoms. The molecule has 0 saturated heterocycles. The Bertz CT molecular complexity index is 716. The molecule has 1 heterocycles. The maximum atomic E-state index is 13.0. The molecule has 8 heteroatoms. The molecule has 0 aliphatic carbocycles. The molecule has 0 aliphatic rings. The fourth-order valence-electron chi connectivity index (χ4n) is 2.03. The van der Waals surface area contributed by atoms with E-state index in [1.54, 1.807) is 26.0 Å². The number of sulfonamides is 1. The first-order chi connectivity index (χ1) is 9.86. The lowest BCUT2D eigenvalue weighted by Gasteiger charge is -2.26. The fourth-order valence-corrected chi connectivity index (χ4v) is 5.09. The molecule has 114 valence electrons. The summed E-state index contributed by atoms with van der Waals surface area (Å²) < 4.78 is 39.8. The molecular formula is C13H14ClFN2O2S2. The summed E-state index contributed by atoms with van der Waals surface area (Å²) >= 11 is 6.63. The highest BCUT2D eigenvalue weighted by Gasteiger charge is 2.30. The van der Waals surface area contributed by atoms with Crippen molar-refractivity contribution in [1.82, 2.24) is 9.29 Å². The van der Waals surface area contributed by atoms with Gasteiger partial charge in [0, 0.05) is 12.6 Å². The average Bonchev–Trinajstić information content (AvgIpc) is 2.87. The van der Waals surface area contributed by atoms with E-state index in [0.717, 1.165) is 16.9 Å². The van der Waals surface area contributed by atoms with Gasteiger partial charge in [0.05, 0.1) is 6.20 Å². The van der Waals surface area contributed by atoms with Crippen molar-refractivity contribution in [2.24, 2.45) is 0 Å². The van der Waals surface area contributed by atoms with Crippen LogP contribution in [0.1, 0.15) is 25.5 Å². The first-order valence-electron chi connectivity index (χ1n) is 6.25. The molecule has 4 nitrogen and oxygen atoms in total. The minimum Gasteiger partial charge on any atom is -0.232 e. The van der Waals surface area contributed by atoms with Crippen molar-refractivity contribution in [2.75, 3.05) is 6.54 Å². The Kier molecular flexibility index (Phi) is 4.98. The number of thiazole rings is 1. The Morgan fingerprint density at radius 2 is 2.00 bits per heavy atom. The van der Waals surface area contributed by atoms with E-state index in [1.165, 1.54) is 22.6 Å². The molecule has 1 aromatic heterocycles. The van der Waals surface area contributed by atoms with Crippen molar-refractivity contribution in [2.45, 2.75) is 24.1 Å². The summed E-state index contributed by atoms with van der Waals surface area (Å²) in [4.78, 5) is 3.77. The molecule has 0 fully saturated rings. The SMILES string of the molecule is CCN(C(C)c1ccc(F)cc1)S(=O)(=O)c1cnc(Cl)s1. The zero-order chi connectivity index (χ0) is 15.6. The average molecular weight is 349 g/mol. The standard InChI is InChI=1S/C13H14ClFN2O2S2/c1-3-17(9(2)10-4-6-11(15)7-5-10)21(18,19)12-8-16-13(14)20-12/h4-9H,3H2,1-2H3. The van der Waals surface area contributed by atoms with E-state index >= 15 is 0 Å². The van der Waals surface area contributed by atoms with Crippen molar-refractivity contribution >= 4 is 33.0 Å². The van der Waals surface area contributed by atoms with Gasteiger partial charge in [0.15, 0.2) is 8.68 Å². The first kappa shape index (κ1) is 16.4. The summed E-state index contributed by atoms with van der Waals surface area (Å²) in [7, 11) is -3.68. The third-order valence-corrected chi connectivity index (χ3v) is 6.71. The molecule has 0 aliphatic heterocycles. The van der Waals surface area contributed by atoms with Crippen molar-refractivity contribution in [3.05, 3.63) is 46.3 Å². The minimum absolute atomic E-state index is 0.100. The third kappa shape index (κ3) is 3.42. The van der Waals surface area contributed by atoms with Crippen LogP contribution in [-0.2, 0) is 10.0 Å². The van der Waals surface area contributed by atoms with Crippen LogP contribution in [0.25, 0.3) is 0 Å². The maximum Gasteiger partial charge on any atom is 0.254 e. The van der Waals surface area contributed by atoms with Crippen LogP contribution in [0.2, 0.25) is 4.47 Å². The molecule has 2 rings (SSSR count). The van der Waals surface area contributed by atoms with Crippen LogP contribution in [0.4, 0.5) is 4.39 Å². The minimum atomic E-state index is -3.68. The number of hydrogen-bond donors (Lipinski definition) is 0. The number of hydrogen-bond acceptors (Lipinski definition) is 4. The second-order valence-corrected chi connectivity index (χ2v) is 8.10. The van der Waals surface area contributed by atoms with E-state index in [2.05, 4.69) is 4.98 Å². The Morgan fingerprint density at radius 1 is 1.38 bits per heavy atom. The van der Waals surface area contributed by atoms with Gasteiger partial charge >= 0.3 is 0 Å². The van der Waals surface area contributed by atoms with Crippen LogP contribution in [0.3, 0.4) is 0 Å². The summed E-state index contributed by atoms with van der Waals surface area (Å²) in [5.74, 6) is -0.355. The zero-order valence-electron chi connectivity index (χ0n) is 11.5. The van der Waals surface area contributed by atoms with E-state index in [1.807, 2.05) is 0 Å². The van der Waals surface area contributed by atoms with Crippen LogP contribution >= 0.6 is 22.9 Å². The molecule has 0 bridgehead atoms. The first-order valence-corrected chi connectivity index (χ1v) is 8.88. The molecule has 1 aromatic carbocycles. The van der Waals surface area contributed by atoms with Crippen LogP contribution in [-0.4, -0.2) is 24.3 Å². The Balaban J connectivity index is 2.36. The molecule has 1 unspecified atom stereocenters. The van der Waals surface area contributed by atoms with Gasteiger partial charge in [-0.05, 0) is 24.6 Å². The van der Waals surface area contributed by atoms with E-state index in [4.69, 9.17) is 11.6 Å². The van der Waals surface area contributed by atoms with Gasteiger partial charge in [0.1, 0.15) is 5.82 Å². The van der Waals surface area contributed by atoms with Gasteiger partial charge in [-0.1, -0.05) is 42.0 Å². The fraction of sp³-hybridized carbons (Fsp3) is 0.308. The molecule has 0 radical (unpaired) electrons. The monoisotopic (exact) mass is 348 g/mol. The van der Waals surface area contributed by atoms with E-state index < -0.39 is 16.1 Å². The zero-order valence-corrected chi connectivity index (χ0v) is 13.8. The van der Waals surface area contributed by atoms with Crippen molar-refractivity contribution in [3.8, 4) is 0 Å². The summed E-state index contributed by atoms with van der Waals surface area (Å²) in [6, 6.07) is 5.38. The second-order valence-electron chi connectivity index (χ2n) is 4.37. The highest BCUT2D eigenvalue weighted by molar-refractivity contribution is 7.91. The lowest BCUT2D eigenvalue weighted by molar-refractivity contribution is 0.358.